The first-order chi connectivity index (χ1) is 11.2. The van der Waals surface area contributed by atoms with Gasteiger partial charge in [0.2, 0.25) is 0 Å². The van der Waals surface area contributed by atoms with Crippen molar-refractivity contribution in [3.05, 3.63) is 66.5 Å². The van der Waals surface area contributed by atoms with Gasteiger partial charge in [-0.15, -0.1) is 10.2 Å². The lowest BCUT2D eigenvalue weighted by molar-refractivity contribution is 0.628. The van der Waals surface area contributed by atoms with Crippen molar-refractivity contribution in [1.82, 2.24) is 14.8 Å². The molecule has 1 aromatic heterocycles. The standard InChI is InChI=1S/C18H19FN4/c1-23-13-21-22-18(23)7-4-12-20-17-6-3-2-5-16(17)14-8-10-15(19)11-9-14/h2-3,5-6,8-11,13,20H,4,7,12H2,1H3. The van der Waals surface area contributed by atoms with Gasteiger partial charge < -0.3 is 9.88 Å². The lowest BCUT2D eigenvalue weighted by Crippen LogP contribution is -2.06. The van der Waals surface area contributed by atoms with E-state index in [0.29, 0.717) is 0 Å². The molecule has 118 valence electrons. The molecule has 0 bridgehead atoms. The number of aryl methyl sites for hydroxylation is 2. The topological polar surface area (TPSA) is 42.7 Å². The summed E-state index contributed by atoms with van der Waals surface area (Å²) in [6, 6.07) is 14.6. The maximum absolute atomic E-state index is 13.1. The average molecular weight is 310 g/mol. The number of nitrogens with one attached hydrogen (secondary N) is 1. The molecule has 0 fully saturated rings. The molecule has 1 heterocycles. The van der Waals surface area contributed by atoms with E-state index in [0.717, 1.165) is 42.0 Å². The first kappa shape index (κ1) is 15.2. The minimum absolute atomic E-state index is 0.220. The molecule has 5 heteroatoms. The molecule has 0 aliphatic carbocycles. The highest BCUT2D eigenvalue weighted by Crippen LogP contribution is 2.27. The summed E-state index contributed by atoms with van der Waals surface area (Å²) < 4.78 is 15.0. The Morgan fingerprint density at radius 2 is 1.87 bits per heavy atom. The van der Waals surface area contributed by atoms with Crippen molar-refractivity contribution in [2.75, 3.05) is 11.9 Å². The van der Waals surface area contributed by atoms with Crippen LogP contribution in [0.3, 0.4) is 0 Å². The van der Waals surface area contributed by atoms with Gasteiger partial charge in [-0.3, -0.25) is 0 Å². The van der Waals surface area contributed by atoms with E-state index in [1.54, 1.807) is 18.5 Å². The van der Waals surface area contributed by atoms with Crippen molar-refractivity contribution in [3.8, 4) is 11.1 Å². The predicted octanol–water partition coefficient (Wildman–Crippen LogP) is 3.67. The molecule has 0 unspecified atom stereocenters. The fourth-order valence-electron chi connectivity index (χ4n) is 2.52. The van der Waals surface area contributed by atoms with Crippen LogP contribution >= 0.6 is 0 Å². The van der Waals surface area contributed by atoms with Gasteiger partial charge in [0.15, 0.2) is 0 Å². The normalized spacial score (nSPS) is 10.7. The van der Waals surface area contributed by atoms with E-state index in [1.165, 1.54) is 12.1 Å². The number of benzene rings is 2. The van der Waals surface area contributed by atoms with Gasteiger partial charge in [-0.2, -0.15) is 0 Å². The zero-order valence-electron chi connectivity index (χ0n) is 13.0. The summed E-state index contributed by atoms with van der Waals surface area (Å²) in [5.74, 6) is 0.765. The molecule has 3 aromatic rings. The summed E-state index contributed by atoms with van der Waals surface area (Å²) >= 11 is 0. The predicted molar refractivity (Wildman–Crippen MR) is 89.6 cm³/mol. The SMILES string of the molecule is Cn1cnnc1CCCNc1ccccc1-c1ccc(F)cc1. The molecule has 0 spiro atoms. The maximum atomic E-state index is 13.1. The number of anilines is 1. The lowest BCUT2D eigenvalue weighted by Gasteiger charge is -2.12. The molecule has 0 aliphatic rings. The van der Waals surface area contributed by atoms with Crippen LogP contribution in [-0.4, -0.2) is 21.3 Å². The van der Waals surface area contributed by atoms with E-state index < -0.39 is 0 Å². The molecular weight excluding hydrogens is 291 g/mol. The third-order valence-corrected chi connectivity index (χ3v) is 3.78. The van der Waals surface area contributed by atoms with Crippen LogP contribution in [0, 0.1) is 5.82 Å². The Bertz CT molecular complexity index is 765. The maximum Gasteiger partial charge on any atom is 0.132 e. The van der Waals surface area contributed by atoms with Crippen LogP contribution in [-0.2, 0) is 13.5 Å². The molecule has 4 nitrogen and oxygen atoms in total. The van der Waals surface area contributed by atoms with Crippen molar-refractivity contribution in [1.29, 1.82) is 0 Å². The number of halogens is 1. The zero-order chi connectivity index (χ0) is 16.1. The Hall–Kier alpha value is -2.69. The Labute approximate surface area is 135 Å². The third-order valence-electron chi connectivity index (χ3n) is 3.78. The minimum Gasteiger partial charge on any atom is -0.385 e. The van der Waals surface area contributed by atoms with Crippen LogP contribution in [0.4, 0.5) is 10.1 Å². The van der Waals surface area contributed by atoms with Gasteiger partial charge in [0.1, 0.15) is 18.0 Å². The van der Waals surface area contributed by atoms with Crippen LogP contribution in [0.5, 0.6) is 0 Å². The van der Waals surface area contributed by atoms with E-state index in [1.807, 2.05) is 35.9 Å². The monoisotopic (exact) mass is 310 g/mol. The summed E-state index contributed by atoms with van der Waals surface area (Å²) in [7, 11) is 1.95. The molecular formula is C18H19FN4. The quantitative estimate of drug-likeness (QED) is 0.707. The first-order valence-corrected chi connectivity index (χ1v) is 7.66. The number of hydrogen-bond acceptors (Lipinski definition) is 3. The molecule has 3 rings (SSSR count). The Balaban J connectivity index is 1.64. The number of para-hydroxylation sites is 1. The molecule has 1 N–H and O–H groups in total. The molecule has 0 saturated carbocycles. The van der Waals surface area contributed by atoms with E-state index in [4.69, 9.17) is 0 Å². The van der Waals surface area contributed by atoms with Gasteiger partial charge in [-0.25, -0.2) is 4.39 Å². The smallest absolute Gasteiger partial charge is 0.132 e. The number of rotatable bonds is 6. The molecule has 0 amide bonds. The van der Waals surface area contributed by atoms with E-state index >= 15 is 0 Å². The second kappa shape index (κ2) is 7.05. The Morgan fingerprint density at radius 3 is 2.61 bits per heavy atom. The van der Waals surface area contributed by atoms with Crippen LogP contribution in [0.1, 0.15) is 12.2 Å². The summed E-state index contributed by atoms with van der Waals surface area (Å²) in [5.41, 5.74) is 3.13. The summed E-state index contributed by atoms with van der Waals surface area (Å²) in [5, 5.41) is 11.4. The zero-order valence-corrected chi connectivity index (χ0v) is 13.0. The molecule has 2 aromatic carbocycles. The van der Waals surface area contributed by atoms with Crippen LogP contribution in [0.2, 0.25) is 0 Å². The van der Waals surface area contributed by atoms with Gasteiger partial charge in [0.05, 0.1) is 0 Å². The van der Waals surface area contributed by atoms with Crippen molar-refractivity contribution in [3.63, 3.8) is 0 Å². The molecule has 0 aliphatic heterocycles. The summed E-state index contributed by atoms with van der Waals surface area (Å²) in [4.78, 5) is 0. The Kier molecular flexibility index (Phi) is 4.66. The summed E-state index contributed by atoms with van der Waals surface area (Å²) in [6.07, 6.45) is 3.55. The third kappa shape index (κ3) is 3.74. The molecule has 0 atom stereocenters. The van der Waals surface area contributed by atoms with E-state index in [-0.39, 0.29) is 5.82 Å². The van der Waals surface area contributed by atoms with Crippen molar-refractivity contribution >= 4 is 5.69 Å². The number of hydrogen-bond donors (Lipinski definition) is 1. The fourth-order valence-corrected chi connectivity index (χ4v) is 2.52. The highest BCUT2D eigenvalue weighted by atomic mass is 19.1. The fraction of sp³-hybridized carbons (Fsp3) is 0.222. The van der Waals surface area contributed by atoms with Crippen molar-refractivity contribution in [2.24, 2.45) is 7.05 Å². The van der Waals surface area contributed by atoms with Crippen molar-refractivity contribution < 1.29 is 4.39 Å². The molecule has 0 saturated heterocycles. The highest BCUT2D eigenvalue weighted by molar-refractivity contribution is 5.77. The molecule has 23 heavy (non-hydrogen) atoms. The number of nitrogens with zero attached hydrogens (tertiary/aromatic N) is 3. The highest BCUT2D eigenvalue weighted by Gasteiger charge is 2.05. The second-order valence-electron chi connectivity index (χ2n) is 5.44. The largest absolute Gasteiger partial charge is 0.385 e. The van der Waals surface area contributed by atoms with E-state index in [2.05, 4.69) is 15.5 Å². The second-order valence-corrected chi connectivity index (χ2v) is 5.44. The minimum atomic E-state index is -0.220. The van der Waals surface area contributed by atoms with E-state index in [9.17, 15) is 4.39 Å². The van der Waals surface area contributed by atoms with Crippen molar-refractivity contribution in [2.45, 2.75) is 12.8 Å². The van der Waals surface area contributed by atoms with Gasteiger partial charge in [0, 0.05) is 31.3 Å². The first-order valence-electron chi connectivity index (χ1n) is 7.66. The van der Waals surface area contributed by atoms with Gasteiger partial charge in [0.25, 0.3) is 0 Å². The summed E-state index contributed by atoms with van der Waals surface area (Å²) in [6.45, 7) is 0.838. The Morgan fingerprint density at radius 1 is 1.09 bits per heavy atom. The number of aromatic nitrogens is 3. The van der Waals surface area contributed by atoms with Gasteiger partial charge in [-0.05, 0) is 30.2 Å². The van der Waals surface area contributed by atoms with Crippen LogP contribution < -0.4 is 5.32 Å². The average Bonchev–Trinajstić information content (AvgIpc) is 2.98. The van der Waals surface area contributed by atoms with Gasteiger partial charge >= 0.3 is 0 Å². The lowest BCUT2D eigenvalue weighted by atomic mass is 10.0. The van der Waals surface area contributed by atoms with Gasteiger partial charge in [-0.1, -0.05) is 30.3 Å². The van der Waals surface area contributed by atoms with Crippen LogP contribution in [0.25, 0.3) is 11.1 Å². The van der Waals surface area contributed by atoms with Crippen LogP contribution in [0.15, 0.2) is 54.9 Å². The molecule has 0 radical (unpaired) electrons.